The average molecular weight is 1240 g/mol. The highest BCUT2D eigenvalue weighted by atomic mass is 32.1. The number of carbonyl (C=O) groups excluding carboxylic acids is 2. The number of benzene rings is 5. The molecule has 3 saturated heterocycles. The number of hydrogen-bond donors (Lipinski definition) is 5. The predicted octanol–water partition coefficient (Wildman–Crippen LogP) is 7.57. The van der Waals surface area contributed by atoms with Crippen LogP contribution in [0.25, 0.3) is 21.9 Å². The van der Waals surface area contributed by atoms with Gasteiger partial charge in [0.2, 0.25) is 25.1 Å². The molecule has 24 heteroatoms. The van der Waals surface area contributed by atoms with E-state index in [1.54, 1.807) is 24.3 Å². The van der Waals surface area contributed by atoms with Crippen molar-refractivity contribution >= 4 is 34.0 Å². The first kappa shape index (κ1) is 58.2. The molecule has 0 spiro atoms. The predicted molar refractivity (Wildman–Crippen MR) is 307 cm³/mol. The highest BCUT2D eigenvalue weighted by Gasteiger charge is 2.56. The van der Waals surface area contributed by atoms with E-state index in [4.69, 9.17) is 75.8 Å². The monoisotopic (exact) mass is 1230 g/mol. The van der Waals surface area contributed by atoms with Crippen molar-refractivity contribution in [1.29, 1.82) is 0 Å². The van der Waals surface area contributed by atoms with Crippen LogP contribution in [0, 0.1) is 29.6 Å². The van der Waals surface area contributed by atoms with Crippen LogP contribution >= 0.6 is 11.3 Å². The number of methoxy groups -OCH3 is 4. The molecule has 23 nitrogen and oxygen atoms in total. The zero-order valence-electron chi connectivity index (χ0n) is 48.7. The van der Waals surface area contributed by atoms with Gasteiger partial charge >= 0.3 is 11.9 Å². The summed E-state index contributed by atoms with van der Waals surface area (Å²) < 4.78 is 93.3. The molecule has 5 aromatic carbocycles. The van der Waals surface area contributed by atoms with Crippen LogP contribution in [0.4, 0.5) is 0 Å². The Bertz CT molecular complexity index is 3630. The van der Waals surface area contributed by atoms with Gasteiger partial charge in [-0.25, -0.2) is 4.79 Å². The van der Waals surface area contributed by atoms with Gasteiger partial charge in [-0.2, -0.15) is 0 Å². The summed E-state index contributed by atoms with van der Waals surface area (Å²) in [4.78, 5) is 27.8. The van der Waals surface area contributed by atoms with Crippen molar-refractivity contribution in [1.82, 2.24) is 0 Å². The summed E-state index contributed by atoms with van der Waals surface area (Å²) in [5, 5.41) is 58.4. The molecule has 16 atom stereocenters. The number of thiophene rings is 1. The van der Waals surface area contributed by atoms with E-state index in [-0.39, 0.29) is 91.4 Å². The highest BCUT2D eigenvalue weighted by molar-refractivity contribution is 7.10. The number of carbonyl (C=O) groups is 2. The van der Waals surface area contributed by atoms with Gasteiger partial charge in [-0.05, 0) is 107 Å². The molecule has 0 radical (unpaired) electrons. The van der Waals surface area contributed by atoms with Crippen molar-refractivity contribution in [3.63, 3.8) is 0 Å². The summed E-state index contributed by atoms with van der Waals surface area (Å²) in [5.41, 5.74) is 4.22. The van der Waals surface area contributed by atoms with Crippen molar-refractivity contribution in [2.75, 3.05) is 61.8 Å². The molecule has 466 valence electrons. The molecule has 1 unspecified atom stereocenters. The number of phenolic OH excluding ortho intramolecular Hbond substituents is 2. The zero-order chi connectivity index (χ0) is 61.0. The molecule has 88 heavy (non-hydrogen) atoms. The van der Waals surface area contributed by atoms with Gasteiger partial charge in [-0.1, -0.05) is 13.0 Å². The van der Waals surface area contributed by atoms with E-state index in [1.165, 1.54) is 39.8 Å². The van der Waals surface area contributed by atoms with E-state index in [9.17, 15) is 35.1 Å². The number of phenols is 2. The summed E-state index contributed by atoms with van der Waals surface area (Å²) in [7, 11) is 5.77. The number of esters is 2. The maximum atomic E-state index is 13.5. The molecule has 2 saturated carbocycles. The second kappa shape index (κ2) is 23.1. The minimum absolute atomic E-state index is 0.00663. The second-order valence-electron chi connectivity index (χ2n) is 23.4. The average Bonchev–Trinajstić information content (AvgIpc) is 1.38. The molecule has 0 amide bonds. The molecule has 1 aromatic heterocycles. The fourth-order valence-electron chi connectivity index (χ4n) is 14.3. The van der Waals surface area contributed by atoms with Crippen LogP contribution in [0.2, 0.25) is 0 Å². The molecule has 6 aromatic rings. The number of rotatable bonds is 11. The molecular formula is C64H66O23S. The lowest BCUT2D eigenvalue weighted by Crippen LogP contribution is -2.58. The second-order valence-corrected chi connectivity index (χ2v) is 24.4. The molecule has 6 aliphatic heterocycles. The van der Waals surface area contributed by atoms with E-state index in [2.05, 4.69) is 0 Å². The molecule has 15 rings (SSSR count). The Labute approximate surface area is 508 Å². The lowest BCUT2D eigenvalue weighted by molar-refractivity contribution is -0.297. The van der Waals surface area contributed by atoms with Crippen LogP contribution in [0.3, 0.4) is 0 Å². The smallest absolute Gasteiger partial charge is 0.339 e. The summed E-state index contributed by atoms with van der Waals surface area (Å²) in [5.74, 6) is -0.0102. The molecule has 7 heterocycles. The van der Waals surface area contributed by atoms with Gasteiger partial charge in [0.05, 0.1) is 95.1 Å². The zero-order valence-corrected chi connectivity index (χ0v) is 49.6. The molecule has 0 bridgehead atoms. The molecule has 3 aliphatic carbocycles. The number of ether oxygens (including phenoxy) is 16. The number of aliphatic hydroxyl groups is 3. The van der Waals surface area contributed by atoms with E-state index < -0.39 is 78.7 Å². The van der Waals surface area contributed by atoms with Gasteiger partial charge in [-0.3, -0.25) is 4.79 Å². The van der Waals surface area contributed by atoms with Gasteiger partial charge in [0.1, 0.15) is 30.7 Å². The van der Waals surface area contributed by atoms with Gasteiger partial charge in [0.15, 0.2) is 58.6 Å². The lowest BCUT2D eigenvalue weighted by atomic mass is 9.66. The van der Waals surface area contributed by atoms with Crippen molar-refractivity contribution in [2.45, 2.75) is 101 Å². The van der Waals surface area contributed by atoms with Gasteiger partial charge in [0, 0.05) is 46.1 Å². The molecule has 5 fully saturated rings. The Kier molecular flexibility index (Phi) is 15.3. The Balaban J connectivity index is 0.000000155. The summed E-state index contributed by atoms with van der Waals surface area (Å²) in [6, 6.07) is 17.9. The van der Waals surface area contributed by atoms with E-state index in [0.29, 0.717) is 93.4 Å². The minimum Gasteiger partial charge on any atom is -0.502 e. The van der Waals surface area contributed by atoms with Crippen LogP contribution < -0.4 is 42.6 Å². The van der Waals surface area contributed by atoms with Crippen LogP contribution in [0.15, 0.2) is 66.0 Å². The van der Waals surface area contributed by atoms with Crippen molar-refractivity contribution in [3.05, 3.63) is 98.7 Å². The highest BCUT2D eigenvalue weighted by Crippen LogP contribution is 2.58. The molecule has 9 aliphatic rings. The summed E-state index contributed by atoms with van der Waals surface area (Å²) in [6.45, 7) is 4.77. The van der Waals surface area contributed by atoms with Crippen LogP contribution in [0.5, 0.6) is 63.2 Å². The first-order valence-electron chi connectivity index (χ1n) is 29.2. The van der Waals surface area contributed by atoms with Crippen LogP contribution in [0.1, 0.15) is 82.5 Å². The van der Waals surface area contributed by atoms with Crippen molar-refractivity contribution < 1.29 is 111 Å². The third-order valence-corrected chi connectivity index (χ3v) is 19.6. The lowest BCUT2D eigenvalue weighted by Gasteiger charge is -2.48. The maximum absolute atomic E-state index is 13.5. The number of fused-ring (bicyclic) bond motifs is 8. The maximum Gasteiger partial charge on any atom is 0.339 e. The molecule has 5 N–H and O–H groups in total. The number of aromatic hydroxyl groups is 2. The van der Waals surface area contributed by atoms with Crippen LogP contribution in [-0.4, -0.2) is 148 Å². The first-order chi connectivity index (χ1) is 42.6. The fraction of sp³-hybridized carbons (Fsp3) is 0.469. The Morgan fingerprint density at radius 3 is 1.86 bits per heavy atom. The third-order valence-electron chi connectivity index (χ3n) is 18.7. The summed E-state index contributed by atoms with van der Waals surface area (Å²) >= 11 is 1.50. The standard InChI is InChI=1S/C33H34O12S.C31H32O11/c1-38-21-6-14(7-22(39-2)27(21)34)25-16-9-19-20(43-13-42-19)10-17(16)31(18-12-40-32(37)26(18)25)44-23-8-15-11-41-33(24-4-3-5-46-24)45-30(15)29(36)28(23)35;1-13-20(7-16-10-37-14(2)41-29(16)27(13)32)42-30-18-9-22-21(39-12-40-22)8-17(18)25(26-19(30)11-38-31(26)34)15-5-23(35-3)28(33)24(6-15)36-4/h3-7,9-10,15,18,23,25-26,28-31,33-36H,8,11-13H2,1-2H3;5-6,8-9,13-14,16,20,27,29,32-33H,7,10-12H2,1-4H3/t15-,18+,23-,25?,26+,28+,29-,30-,31-,33-;13-,14+,16+,20+,27+,29+/m10/s1. The minimum atomic E-state index is -1.25. The quantitative estimate of drug-likeness (QED) is 0.0782. The largest absolute Gasteiger partial charge is 0.502 e. The number of hydrogen-bond acceptors (Lipinski definition) is 24. The first-order valence-corrected chi connectivity index (χ1v) is 30.1. The normalized spacial score (nSPS) is 31.2. The van der Waals surface area contributed by atoms with Crippen molar-refractivity contribution in [2.24, 2.45) is 29.6 Å². The Morgan fingerprint density at radius 1 is 0.614 bits per heavy atom. The fourth-order valence-corrected chi connectivity index (χ4v) is 15.0. The SMILES string of the molecule is COc1cc(-c2c3c(c(O[C@@H]4C[C@@H]5CO[C@@H](C)O[C@H]5[C@H](O)[C@H]4C)c4cc5c(cc24)OCO5)COC3=O)cc(OC)c1O.COc1cc(C2c3cc4c(cc3[C@@H](O[C@@H]3C[C@@H]5CO[C@@H](c6cccs6)O[C@H]5[C@H](O)[C@H]3O)[C@H]3COC(=O)[C@H]23)OCO4)cc(OC)c1O. The Hall–Kier alpha value is -7.52. The van der Waals surface area contributed by atoms with Crippen molar-refractivity contribution in [3.8, 4) is 74.4 Å². The van der Waals surface area contributed by atoms with Crippen LogP contribution in [-0.2, 0) is 44.6 Å². The van der Waals surface area contributed by atoms with E-state index >= 15 is 0 Å². The third kappa shape index (κ3) is 9.78. The Morgan fingerprint density at radius 2 is 1.22 bits per heavy atom. The van der Waals surface area contributed by atoms with E-state index in [1.807, 2.05) is 55.6 Å². The molecular weight excluding hydrogens is 1170 g/mol. The number of cyclic esters (lactones) is 2. The summed E-state index contributed by atoms with van der Waals surface area (Å²) in [6.07, 6.45) is -6.07. The number of aliphatic hydroxyl groups excluding tert-OH is 3. The van der Waals surface area contributed by atoms with E-state index in [0.717, 1.165) is 16.0 Å². The topological polar surface area (TPSA) is 283 Å². The van der Waals surface area contributed by atoms with Gasteiger partial charge in [0.25, 0.3) is 0 Å². The van der Waals surface area contributed by atoms with Gasteiger partial charge < -0.3 is 101 Å². The van der Waals surface area contributed by atoms with Gasteiger partial charge in [-0.15, -0.1) is 11.3 Å².